The van der Waals surface area contributed by atoms with E-state index in [1.807, 2.05) is 44.2 Å². The zero-order valence-electron chi connectivity index (χ0n) is 14.9. The second-order valence-electron chi connectivity index (χ2n) is 6.25. The summed E-state index contributed by atoms with van der Waals surface area (Å²) < 4.78 is 0. The number of hydrogen-bond donors (Lipinski definition) is 2. The Bertz CT molecular complexity index is 757. The molecule has 2 unspecified atom stereocenters. The van der Waals surface area contributed by atoms with Crippen LogP contribution in [0.4, 0.5) is 0 Å². The van der Waals surface area contributed by atoms with Crippen molar-refractivity contribution in [3.63, 3.8) is 0 Å². The van der Waals surface area contributed by atoms with Gasteiger partial charge in [0.05, 0.1) is 0 Å². The van der Waals surface area contributed by atoms with Crippen LogP contribution in [-0.4, -0.2) is 43.2 Å². The molecule has 8 nitrogen and oxygen atoms in total. The number of aliphatic carboxylic acids is 1. The van der Waals surface area contributed by atoms with Crippen LogP contribution in [0.1, 0.15) is 32.7 Å². The van der Waals surface area contributed by atoms with Crippen LogP contribution in [0.2, 0.25) is 0 Å². The van der Waals surface area contributed by atoms with E-state index in [0.717, 1.165) is 5.56 Å². The van der Waals surface area contributed by atoms with Crippen molar-refractivity contribution in [1.29, 1.82) is 0 Å². The monoisotopic (exact) mass is 357 g/mol. The van der Waals surface area contributed by atoms with Gasteiger partial charge in [0.15, 0.2) is 6.04 Å². The highest BCUT2D eigenvalue weighted by atomic mass is 16.4. The summed E-state index contributed by atoms with van der Waals surface area (Å²) in [6.45, 7) is 7.26. The SMILES string of the molecule is C=CCCC(NC(=O)C(C(C)C)n1nnc(-c2ccccc2)n1)C(=O)O. The zero-order valence-corrected chi connectivity index (χ0v) is 14.9. The van der Waals surface area contributed by atoms with Gasteiger partial charge >= 0.3 is 5.97 Å². The zero-order chi connectivity index (χ0) is 19.1. The van der Waals surface area contributed by atoms with Gasteiger partial charge in [0.1, 0.15) is 6.04 Å². The summed E-state index contributed by atoms with van der Waals surface area (Å²) in [7, 11) is 0. The van der Waals surface area contributed by atoms with E-state index in [9.17, 15) is 14.7 Å². The lowest BCUT2D eigenvalue weighted by atomic mass is 10.0. The molecule has 0 bridgehead atoms. The molecule has 2 atom stereocenters. The lowest BCUT2D eigenvalue weighted by Crippen LogP contribution is -2.45. The molecule has 0 fully saturated rings. The number of amides is 1. The van der Waals surface area contributed by atoms with Crippen LogP contribution in [0.15, 0.2) is 43.0 Å². The Morgan fingerprint density at radius 3 is 2.58 bits per heavy atom. The number of tetrazole rings is 1. The summed E-state index contributed by atoms with van der Waals surface area (Å²) in [5, 5.41) is 24.2. The number of carbonyl (C=O) groups is 2. The Morgan fingerprint density at radius 1 is 1.31 bits per heavy atom. The average molecular weight is 357 g/mol. The van der Waals surface area contributed by atoms with Gasteiger partial charge in [-0.2, -0.15) is 4.80 Å². The second-order valence-corrected chi connectivity index (χ2v) is 6.25. The molecule has 26 heavy (non-hydrogen) atoms. The van der Waals surface area contributed by atoms with E-state index in [4.69, 9.17) is 0 Å². The van der Waals surface area contributed by atoms with Crippen LogP contribution in [-0.2, 0) is 9.59 Å². The van der Waals surface area contributed by atoms with Gasteiger partial charge in [-0.1, -0.05) is 50.3 Å². The molecule has 0 aliphatic heterocycles. The summed E-state index contributed by atoms with van der Waals surface area (Å²) >= 11 is 0. The molecule has 0 saturated heterocycles. The topological polar surface area (TPSA) is 110 Å². The van der Waals surface area contributed by atoms with Crippen molar-refractivity contribution in [1.82, 2.24) is 25.5 Å². The van der Waals surface area contributed by atoms with Crippen molar-refractivity contribution in [2.75, 3.05) is 0 Å². The number of benzene rings is 1. The van der Waals surface area contributed by atoms with Crippen molar-refractivity contribution in [3.05, 3.63) is 43.0 Å². The summed E-state index contributed by atoms with van der Waals surface area (Å²) in [4.78, 5) is 25.3. The molecule has 138 valence electrons. The number of allylic oxidation sites excluding steroid dienone is 1. The fraction of sp³-hybridized carbons (Fsp3) is 0.389. The van der Waals surface area contributed by atoms with E-state index >= 15 is 0 Å². The molecule has 1 aromatic heterocycles. The number of carboxylic acids is 1. The van der Waals surface area contributed by atoms with Crippen LogP contribution in [0.25, 0.3) is 11.4 Å². The lowest BCUT2D eigenvalue weighted by Gasteiger charge is -2.21. The maximum Gasteiger partial charge on any atom is 0.326 e. The molecule has 1 heterocycles. The van der Waals surface area contributed by atoms with Crippen molar-refractivity contribution in [2.24, 2.45) is 5.92 Å². The highest BCUT2D eigenvalue weighted by Crippen LogP contribution is 2.19. The number of nitrogens with one attached hydrogen (secondary N) is 1. The second kappa shape index (κ2) is 8.89. The minimum atomic E-state index is -1.08. The van der Waals surface area contributed by atoms with Crippen LogP contribution in [0.5, 0.6) is 0 Å². The molecular formula is C18H23N5O3. The fourth-order valence-corrected chi connectivity index (χ4v) is 2.52. The molecular weight excluding hydrogens is 334 g/mol. The number of rotatable bonds is 9. The summed E-state index contributed by atoms with van der Waals surface area (Å²) in [6.07, 6.45) is 2.38. The molecule has 2 rings (SSSR count). The van der Waals surface area contributed by atoms with Crippen molar-refractivity contribution < 1.29 is 14.7 Å². The van der Waals surface area contributed by atoms with E-state index in [0.29, 0.717) is 12.2 Å². The van der Waals surface area contributed by atoms with Crippen LogP contribution in [0.3, 0.4) is 0 Å². The highest BCUT2D eigenvalue weighted by molar-refractivity contribution is 5.86. The van der Waals surface area contributed by atoms with E-state index < -0.39 is 24.0 Å². The predicted octanol–water partition coefficient (Wildman–Crippen LogP) is 2.07. The minimum absolute atomic E-state index is 0.151. The molecule has 0 aliphatic rings. The maximum atomic E-state index is 12.7. The normalized spacial score (nSPS) is 13.2. The lowest BCUT2D eigenvalue weighted by molar-refractivity contribution is -0.142. The van der Waals surface area contributed by atoms with Gasteiger partial charge in [-0.05, 0) is 24.0 Å². The van der Waals surface area contributed by atoms with Gasteiger partial charge in [-0.25, -0.2) is 4.79 Å². The molecule has 0 saturated carbocycles. The number of aromatic nitrogens is 4. The maximum absolute atomic E-state index is 12.7. The molecule has 1 aromatic carbocycles. The smallest absolute Gasteiger partial charge is 0.326 e. The molecule has 0 radical (unpaired) electrons. The van der Waals surface area contributed by atoms with Gasteiger partial charge in [-0.15, -0.1) is 16.8 Å². The molecule has 0 aliphatic carbocycles. The number of carboxylic acid groups (broad SMARTS) is 1. The third-order valence-corrected chi connectivity index (χ3v) is 3.88. The van der Waals surface area contributed by atoms with Gasteiger partial charge in [0, 0.05) is 5.56 Å². The largest absolute Gasteiger partial charge is 0.480 e. The Morgan fingerprint density at radius 2 is 2.00 bits per heavy atom. The fourth-order valence-electron chi connectivity index (χ4n) is 2.52. The standard InChI is InChI=1S/C18H23N5O3/c1-4-5-11-14(18(25)26)19-17(24)15(12(2)3)23-21-16(20-22-23)13-9-7-6-8-10-13/h4,6-10,12,14-15H,1,5,11H2,2-3H3,(H,19,24)(H,25,26). The van der Waals surface area contributed by atoms with Gasteiger partial charge in [0.2, 0.25) is 11.7 Å². The Hall–Kier alpha value is -3.03. The first kappa shape index (κ1) is 19.3. The molecule has 1 amide bonds. The number of nitrogens with zero attached hydrogens (tertiary/aromatic N) is 4. The first-order valence-electron chi connectivity index (χ1n) is 8.43. The van der Waals surface area contributed by atoms with E-state index in [2.05, 4.69) is 27.3 Å². The number of hydrogen-bond acceptors (Lipinski definition) is 5. The van der Waals surface area contributed by atoms with E-state index in [-0.39, 0.29) is 12.3 Å². The quantitative estimate of drug-likeness (QED) is 0.665. The van der Waals surface area contributed by atoms with Crippen LogP contribution in [0, 0.1) is 5.92 Å². The summed E-state index contributed by atoms with van der Waals surface area (Å²) in [6, 6.07) is 7.56. The van der Waals surface area contributed by atoms with E-state index in [1.54, 1.807) is 6.08 Å². The van der Waals surface area contributed by atoms with Gasteiger partial charge in [0.25, 0.3) is 0 Å². The van der Waals surface area contributed by atoms with Crippen molar-refractivity contribution >= 4 is 11.9 Å². The Kier molecular flexibility index (Phi) is 6.60. The first-order valence-corrected chi connectivity index (χ1v) is 8.43. The Balaban J connectivity index is 2.20. The van der Waals surface area contributed by atoms with Crippen LogP contribution < -0.4 is 5.32 Å². The van der Waals surface area contributed by atoms with Gasteiger partial charge in [-0.3, -0.25) is 4.79 Å². The highest BCUT2D eigenvalue weighted by Gasteiger charge is 2.30. The average Bonchev–Trinajstić information content (AvgIpc) is 3.08. The first-order chi connectivity index (χ1) is 12.4. The summed E-state index contributed by atoms with van der Waals surface area (Å²) in [5.41, 5.74) is 0.788. The summed E-state index contributed by atoms with van der Waals surface area (Å²) in [5.74, 6) is -1.28. The van der Waals surface area contributed by atoms with Gasteiger partial charge < -0.3 is 10.4 Å². The molecule has 0 spiro atoms. The van der Waals surface area contributed by atoms with E-state index in [1.165, 1.54) is 4.80 Å². The third kappa shape index (κ3) is 4.75. The third-order valence-electron chi connectivity index (χ3n) is 3.88. The van der Waals surface area contributed by atoms with Crippen molar-refractivity contribution in [2.45, 2.75) is 38.8 Å². The van der Waals surface area contributed by atoms with Crippen LogP contribution >= 0.6 is 0 Å². The predicted molar refractivity (Wildman–Crippen MR) is 96.1 cm³/mol. The Labute approximate surface area is 151 Å². The number of carbonyl (C=O) groups excluding carboxylic acids is 1. The minimum Gasteiger partial charge on any atom is -0.480 e. The molecule has 8 heteroatoms. The van der Waals surface area contributed by atoms with Crippen molar-refractivity contribution in [3.8, 4) is 11.4 Å². The molecule has 2 aromatic rings. The molecule has 2 N–H and O–H groups in total.